The van der Waals surface area contributed by atoms with Crippen LogP contribution >= 0.6 is 39.1 Å². The highest BCUT2D eigenvalue weighted by molar-refractivity contribution is 9.10. The van der Waals surface area contributed by atoms with Crippen molar-refractivity contribution in [2.45, 2.75) is 6.42 Å². The molecule has 1 N–H and O–H groups in total. The van der Waals surface area contributed by atoms with Gasteiger partial charge in [0, 0.05) is 28.1 Å². The zero-order chi connectivity index (χ0) is 20.3. The van der Waals surface area contributed by atoms with E-state index in [0.29, 0.717) is 21.4 Å². The molecule has 0 unspecified atom stereocenters. The third kappa shape index (κ3) is 5.04. The predicted octanol–water partition coefficient (Wildman–Crippen LogP) is 4.29. The smallest absolute Gasteiger partial charge is 0.311 e. The summed E-state index contributed by atoms with van der Waals surface area (Å²) in [4.78, 5) is 38.0. The van der Waals surface area contributed by atoms with Crippen molar-refractivity contribution < 1.29 is 19.1 Å². The average Bonchev–Trinajstić information content (AvgIpc) is 3.05. The molecule has 6 nitrogen and oxygen atoms in total. The average molecular weight is 486 g/mol. The first kappa shape index (κ1) is 20.6. The molecule has 0 aromatic heterocycles. The van der Waals surface area contributed by atoms with E-state index < -0.39 is 24.4 Å². The first-order valence-corrected chi connectivity index (χ1v) is 9.86. The summed E-state index contributed by atoms with van der Waals surface area (Å²) in [5.41, 5.74) is 1.03. The Labute approximate surface area is 179 Å². The summed E-state index contributed by atoms with van der Waals surface area (Å²) in [5, 5.41) is 3.26. The van der Waals surface area contributed by atoms with Gasteiger partial charge in [0.2, 0.25) is 5.91 Å². The number of carbonyl (C=O) groups is 3. The Bertz CT molecular complexity index is 921. The number of hydrogen-bond donors (Lipinski definition) is 1. The molecule has 1 aliphatic heterocycles. The number of hydrogen-bond acceptors (Lipinski definition) is 4. The molecule has 1 atom stereocenters. The first-order chi connectivity index (χ1) is 13.3. The zero-order valence-corrected chi connectivity index (χ0v) is 17.6. The Hall–Kier alpha value is -2.09. The largest absolute Gasteiger partial charge is 0.455 e. The molecule has 3 rings (SSSR count). The van der Waals surface area contributed by atoms with Crippen LogP contribution in [0, 0.1) is 5.92 Å². The van der Waals surface area contributed by atoms with E-state index in [0.717, 1.165) is 4.47 Å². The third-order valence-corrected chi connectivity index (χ3v) is 5.24. The van der Waals surface area contributed by atoms with Crippen molar-refractivity contribution in [1.29, 1.82) is 0 Å². The molecule has 0 saturated carbocycles. The molecule has 2 amide bonds. The highest BCUT2D eigenvalue weighted by atomic mass is 79.9. The fraction of sp³-hybridized carbons (Fsp3) is 0.211. The van der Waals surface area contributed by atoms with Gasteiger partial charge in [-0.3, -0.25) is 14.4 Å². The van der Waals surface area contributed by atoms with Crippen LogP contribution < -0.4 is 10.2 Å². The van der Waals surface area contributed by atoms with Gasteiger partial charge in [-0.1, -0.05) is 39.1 Å². The van der Waals surface area contributed by atoms with Crippen molar-refractivity contribution in [3.05, 3.63) is 57.0 Å². The Morgan fingerprint density at radius 2 is 1.89 bits per heavy atom. The highest BCUT2D eigenvalue weighted by Gasteiger charge is 2.36. The van der Waals surface area contributed by atoms with Crippen molar-refractivity contribution in [3.8, 4) is 0 Å². The standard InChI is InChI=1S/C19H15BrCl2N2O4/c20-12-1-4-14(5-2-12)24-9-11(7-18(24)26)19(27)28-10-17(25)23-16-8-13(21)3-6-15(16)22/h1-6,8,11H,7,9-10H2,(H,23,25)/t11-/m1/s1. The Morgan fingerprint density at radius 3 is 2.61 bits per heavy atom. The van der Waals surface area contributed by atoms with Crippen molar-refractivity contribution in [2.75, 3.05) is 23.4 Å². The number of benzene rings is 2. The molecule has 0 aliphatic carbocycles. The van der Waals surface area contributed by atoms with Crippen LogP contribution in [0.5, 0.6) is 0 Å². The fourth-order valence-corrected chi connectivity index (χ4v) is 3.37. The Morgan fingerprint density at radius 1 is 1.18 bits per heavy atom. The van der Waals surface area contributed by atoms with Crippen LogP contribution in [0.2, 0.25) is 10.0 Å². The van der Waals surface area contributed by atoms with E-state index in [9.17, 15) is 14.4 Å². The normalized spacial score (nSPS) is 16.2. The molecule has 1 fully saturated rings. The number of esters is 1. The molecule has 2 aromatic carbocycles. The summed E-state index contributed by atoms with van der Waals surface area (Å²) in [5.74, 6) is -1.94. The summed E-state index contributed by atoms with van der Waals surface area (Å²) in [6.45, 7) is -0.272. The van der Waals surface area contributed by atoms with Gasteiger partial charge in [0.25, 0.3) is 5.91 Å². The second-order valence-corrected chi connectivity index (χ2v) is 7.92. The maximum Gasteiger partial charge on any atom is 0.311 e. The maximum atomic E-state index is 12.3. The predicted molar refractivity (Wildman–Crippen MR) is 111 cm³/mol. The summed E-state index contributed by atoms with van der Waals surface area (Å²) >= 11 is 15.2. The lowest BCUT2D eigenvalue weighted by molar-refractivity contribution is -0.151. The molecule has 0 bridgehead atoms. The van der Waals surface area contributed by atoms with Crippen LogP contribution in [-0.4, -0.2) is 30.9 Å². The molecular weight excluding hydrogens is 471 g/mol. The lowest BCUT2D eigenvalue weighted by atomic mass is 10.1. The molecule has 146 valence electrons. The summed E-state index contributed by atoms with van der Waals surface area (Å²) in [6, 6.07) is 11.9. The molecule has 9 heteroatoms. The lowest BCUT2D eigenvalue weighted by Crippen LogP contribution is -2.28. The van der Waals surface area contributed by atoms with Crippen molar-refractivity contribution >= 4 is 68.3 Å². The van der Waals surface area contributed by atoms with Gasteiger partial charge in [-0.25, -0.2) is 0 Å². The zero-order valence-electron chi connectivity index (χ0n) is 14.5. The summed E-state index contributed by atoms with van der Waals surface area (Å²) in [7, 11) is 0. The Balaban J connectivity index is 1.53. The molecule has 2 aromatic rings. The number of nitrogens with one attached hydrogen (secondary N) is 1. The van der Waals surface area contributed by atoms with Gasteiger partial charge in [-0.05, 0) is 42.5 Å². The number of nitrogens with zero attached hydrogens (tertiary/aromatic N) is 1. The van der Waals surface area contributed by atoms with Crippen LogP contribution in [-0.2, 0) is 19.1 Å². The molecule has 1 saturated heterocycles. The molecule has 0 radical (unpaired) electrons. The number of rotatable bonds is 5. The number of carbonyl (C=O) groups excluding carboxylic acids is 3. The molecule has 28 heavy (non-hydrogen) atoms. The lowest BCUT2D eigenvalue weighted by Gasteiger charge is -2.16. The fourth-order valence-electron chi connectivity index (χ4n) is 2.77. The van der Waals surface area contributed by atoms with E-state index in [2.05, 4.69) is 21.2 Å². The monoisotopic (exact) mass is 484 g/mol. The number of ether oxygens (including phenoxy) is 1. The SMILES string of the molecule is O=C(COC(=O)[C@@H]1CC(=O)N(c2ccc(Br)cc2)C1)Nc1cc(Cl)ccc1Cl. The minimum Gasteiger partial charge on any atom is -0.455 e. The van der Waals surface area contributed by atoms with Gasteiger partial charge in [0.1, 0.15) is 0 Å². The molecular formula is C19H15BrCl2N2O4. The van der Waals surface area contributed by atoms with Gasteiger partial charge in [-0.15, -0.1) is 0 Å². The molecule has 1 aliphatic rings. The minimum absolute atomic E-state index is 0.0383. The number of anilines is 2. The topological polar surface area (TPSA) is 75.7 Å². The Kier molecular flexibility index (Phi) is 6.59. The summed E-state index contributed by atoms with van der Waals surface area (Å²) in [6.07, 6.45) is 0.0383. The quantitative estimate of drug-likeness (QED) is 0.641. The van der Waals surface area contributed by atoms with Gasteiger partial charge in [0.15, 0.2) is 6.61 Å². The van der Waals surface area contributed by atoms with Gasteiger partial charge in [-0.2, -0.15) is 0 Å². The van der Waals surface area contributed by atoms with E-state index >= 15 is 0 Å². The first-order valence-electron chi connectivity index (χ1n) is 8.31. The van der Waals surface area contributed by atoms with Crippen LogP contribution in [0.4, 0.5) is 11.4 Å². The van der Waals surface area contributed by atoms with E-state index in [1.165, 1.54) is 11.0 Å². The van der Waals surface area contributed by atoms with Crippen LogP contribution in [0.25, 0.3) is 0 Å². The maximum absolute atomic E-state index is 12.3. The second-order valence-electron chi connectivity index (χ2n) is 6.16. The van der Waals surface area contributed by atoms with Crippen molar-refractivity contribution in [2.24, 2.45) is 5.92 Å². The minimum atomic E-state index is -0.626. The van der Waals surface area contributed by atoms with E-state index in [4.69, 9.17) is 27.9 Å². The second kappa shape index (κ2) is 8.94. The van der Waals surface area contributed by atoms with E-state index in [-0.39, 0.29) is 18.9 Å². The van der Waals surface area contributed by atoms with Crippen LogP contribution in [0.3, 0.4) is 0 Å². The van der Waals surface area contributed by atoms with Gasteiger partial charge >= 0.3 is 5.97 Å². The summed E-state index contributed by atoms with van der Waals surface area (Å²) < 4.78 is 5.96. The van der Waals surface area contributed by atoms with E-state index in [1.54, 1.807) is 24.3 Å². The third-order valence-electron chi connectivity index (χ3n) is 4.14. The number of halogens is 3. The highest BCUT2D eigenvalue weighted by Crippen LogP contribution is 2.27. The van der Waals surface area contributed by atoms with Crippen LogP contribution in [0.1, 0.15) is 6.42 Å². The molecule has 1 heterocycles. The van der Waals surface area contributed by atoms with Gasteiger partial charge < -0.3 is 15.0 Å². The number of amides is 2. The van der Waals surface area contributed by atoms with Crippen molar-refractivity contribution in [3.63, 3.8) is 0 Å². The van der Waals surface area contributed by atoms with Crippen LogP contribution in [0.15, 0.2) is 46.9 Å². The van der Waals surface area contributed by atoms with Gasteiger partial charge in [0.05, 0.1) is 16.6 Å². The van der Waals surface area contributed by atoms with Crippen molar-refractivity contribution in [1.82, 2.24) is 0 Å². The molecule has 0 spiro atoms. The van der Waals surface area contributed by atoms with E-state index in [1.807, 2.05) is 12.1 Å².